The fraction of sp³-hybridized carbons (Fsp3) is 0.350. The molecule has 0 amide bonds. The molecule has 0 radical (unpaired) electrons. The van der Waals surface area contributed by atoms with Crippen LogP contribution < -0.4 is 9.47 Å². The highest BCUT2D eigenvalue weighted by Crippen LogP contribution is 2.41. The van der Waals surface area contributed by atoms with E-state index in [0.717, 1.165) is 30.9 Å². The van der Waals surface area contributed by atoms with Crippen molar-refractivity contribution >= 4 is 49.6 Å². The molecule has 0 atom stereocenters. The van der Waals surface area contributed by atoms with E-state index in [1.165, 1.54) is 11.8 Å². The number of methoxy groups -OCH3 is 1. The lowest BCUT2D eigenvalue weighted by atomic mass is 10.0. The van der Waals surface area contributed by atoms with Crippen LogP contribution in [0.1, 0.15) is 32.3 Å². The highest BCUT2D eigenvalue weighted by Gasteiger charge is 2.14. The van der Waals surface area contributed by atoms with Crippen molar-refractivity contribution in [3.63, 3.8) is 0 Å². The van der Waals surface area contributed by atoms with Crippen LogP contribution in [0.3, 0.4) is 0 Å². The molecule has 0 aliphatic heterocycles. The molecular weight excluding hydrogens is 496 g/mol. The number of ether oxygens (including phenoxy) is 3. The molecule has 0 saturated heterocycles. The Bertz CT molecular complexity index is 786. The maximum atomic E-state index is 11.5. The molecule has 2 aromatic rings. The number of carbonyl (C=O) groups excluding carboxylic acids is 1. The van der Waals surface area contributed by atoms with Crippen LogP contribution in [0.4, 0.5) is 0 Å². The van der Waals surface area contributed by atoms with Gasteiger partial charge in [0, 0.05) is 10.5 Å². The summed E-state index contributed by atoms with van der Waals surface area (Å²) in [5.74, 6) is 2.61. The van der Waals surface area contributed by atoms with Crippen LogP contribution in [-0.4, -0.2) is 25.4 Å². The summed E-state index contributed by atoms with van der Waals surface area (Å²) in [6, 6.07) is 9.64. The number of carbonyl (C=O) groups is 1. The van der Waals surface area contributed by atoms with Crippen LogP contribution >= 0.6 is 43.6 Å². The van der Waals surface area contributed by atoms with Gasteiger partial charge in [0.15, 0.2) is 5.75 Å². The molecule has 0 fully saturated rings. The topological polar surface area (TPSA) is 44.8 Å². The Morgan fingerprint density at radius 3 is 2.37 bits per heavy atom. The smallest absolute Gasteiger partial charge is 0.316 e. The standard InChI is InChI=1S/C20H22Br2O4S/c1-5-25-19(23)11-27-14-9-16(21)20(17(22)10-14)26-13-6-7-18(24-4)15(8-13)12(2)3/h6-10,12H,5,11H2,1-4H3. The van der Waals surface area contributed by atoms with E-state index in [1.54, 1.807) is 14.0 Å². The van der Waals surface area contributed by atoms with Crippen molar-refractivity contribution < 1.29 is 19.0 Å². The van der Waals surface area contributed by atoms with Gasteiger partial charge in [-0.25, -0.2) is 0 Å². The van der Waals surface area contributed by atoms with Gasteiger partial charge in [0.05, 0.1) is 28.4 Å². The number of thioether (sulfide) groups is 1. The first-order valence-corrected chi connectivity index (χ1v) is 11.1. The molecule has 0 heterocycles. The van der Waals surface area contributed by atoms with Crippen LogP contribution in [0.2, 0.25) is 0 Å². The lowest BCUT2D eigenvalue weighted by molar-refractivity contribution is -0.139. The van der Waals surface area contributed by atoms with Crippen molar-refractivity contribution in [2.75, 3.05) is 19.5 Å². The zero-order chi connectivity index (χ0) is 20.0. The summed E-state index contributed by atoms with van der Waals surface area (Å²) >= 11 is 8.54. The fourth-order valence-electron chi connectivity index (χ4n) is 2.41. The Morgan fingerprint density at radius 2 is 1.81 bits per heavy atom. The van der Waals surface area contributed by atoms with Crippen LogP contribution in [0.5, 0.6) is 17.2 Å². The van der Waals surface area contributed by atoms with Gasteiger partial charge in [-0.05, 0) is 75.0 Å². The van der Waals surface area contributed by atoms with Crippen molar-refractivity contribution in [1.29, 1.82) is 0 Å². The summed E-state index contributed by atoms with van der Waals surface area (Å²) in [5.41, 5.74) is 1.09. The Morgan fingerprint density at radius 1 is 1.15 bits per heavy atom. The minimum atomic E-state index is -0.227. The summed E-state index contributed by atoms with van der Waals surface area (Å²) in [6.07, 6.45) is 0. The monoisotopic (exact) mass is 516 g/mol. The number of halogens is 2. The molecule has 0 N–H and O–H groups in total. The first-order valence-electron chi connectivity index (χ1n) is 8.49. The lowest BCUT2D eigenvalue weighted by Gasteiger charge is -2.16. The second-order valence-corrected chi connectivity index (χ2v) is 8.73. The van der Waals surface area contributed by atoms with Crippen LogP contribution in [0.15, 0.2) is 44.2 Å². The third-order valence-electron chi connectivity index (χ3n) is 3.68. The second-order valence-electron chi connectivity index (χ2n) is 5.97. The summed E-state index contributed by atoms with van der Waals surface area (Å²) < 4.78 is 18.1. The van der Waals surface area contributed by atoms with E-state index in [2.05, 4.69) is 45.7 Å². The predicted molar refractivity (Wildman–Crippen MR) is 116 cm³/mol. The SMILES string of the molecule is CCOC(=O)CSc1cc(Br)c(Oc2ccc(OC)c(C(C)C)c2)c(Br)c1. The highest BCUT2D eigenvalue weighted by molar-refractivity contribution is 9.11. The van der Waals surface area contributed by atoms with Gasteiger partial charge in [0.2, 0.25) is 0 Å². The zero-order valence-electron chi connectivity index (χ0n) is 15.7. The van der Waals surface area contributed by atoms with E-state index in [1.807, 2.05) is 30.3 Å². The Balaban J connectivity index is 2.20. The third kappa shape index (κ3) is 6.16. The predicted octanol–water partition coefficient (Wildman–Crippen LogP) is 6.79. The summed E-state index contributed by atoms with van der Waals surface area (Å²) in [5, 5.41) is 0. The van der Waals surface area contributed by atoms with Gasteiger partial charge < -0.3 is 14.2 Å². The summed E-state index contributed by atoms with van der Waals surface area (Å²) in [6.45, 7) is 6.41. The molecule has 0 bridgehead atoms. The molecule has 0 aliphatic rings. The van der Waals surface area contributed by atoms with E-state index in [-0.39, 0.29) is 11.7 Å². The van der Waals surface area contributed by atoms with Crippen LogP contribution in [-0.2, 0) is 9.53 Å². The number of hydrogen-bond acceptors (Lipinski definition) is 5. The first kappa shape index (κ1) is 22.1. The summed E-state index contributed by atoms with van der Waals surface area (Å²) in [4.78, 5) is 12.5. The van der Waals surface area contributed by atoms with Crippen LogP contribution in [0.25, 0.3) is 0 Å². The molecular formula is C20H22Br2O4S. The number of hydrogen-bond donors (Lipinski definition) is 0. The maximum absolute atomic E-state index is 11.5. The van der Waals surface area contributed by atoms with Gasteiger partial charge >= 0.3 is 5.97 Å². The minimum Gasteiger partial charge on any atom is -0.496 e. The maximum Gasteiger partial charge on any atom is 0.316 e. The average molecular weight is 518 g/mol. The largest absolute Gasteiger partial charge is 0.496 e. The molecule has 7 heteroatoms. The molecule has 0 aliphatic carbocycles. The number of rotatable bonds is 8. The second kappa shape index (κ2) is 10.4. The molecule has 146 valence electrons. The minimum absolute atomic E-state index is 0.227. The van der Waals surface area contributed by atoms with Crippen molar-refractivity contribution in [1.82, 2.24) is 0 Å². The molecule has 0 spiro atoms. The Kier molecular flexibility index (Phi) is 8.51. The molecule has 2 rings (SSSR count). The van der Waals surface area contributed by atoms with Gasteiger partial charge in [-0.3, -0.25) is 4.79 Å². The number of benzene rings is 2. The van der Waals surface area contributed by atoms with Crippen molar-refractivity contribution in [3.05, 3.63) is 44.8 Å². The molecule has 2 aromatic carbocycles. The first-order chi connectivity index (χ1) is 12.8. The molecule has 0 aromatic heterocycles. The van der Waals surface area contributed by atoms with Crippen LogP contribution in [0, 0.1) is 0 Å². The fourth-order valence-corrected chi connectivity index (χ4v) is 4.83. The van der Waals surface area contributed by atoms with E-state index in [4.69, 9.17) is 14.2 Å². The molecule has 27 heavy (non-hydrogen) atoms. The van der Waals surface area contributed by atoms with Crippen molar-refractivity contribution in [3.8, 4) is 17.2 Å². The molecule has 4 nitrogen and oxygen atoms in total. The van der Waals surface area contributed by atoms with E-state index < -0.39 is 0 Å². The molecule has 0 saturated carbocycles. The summed E-state index contributed by atoms with van der Waals surface area (Å²) in [7, 11) is 1.67. The average Bonchev–Trinajstić information content (AvgIpc) is 2.63. The van der Waals surface area contributed by atoms with Gasteiger partial charge in [-0.15, -0.1) is 11.8 Å². The van der Waals surface area contributed by atoms with Gasteiger partial charge in [0.1, 0.15) is 11.5 Å². The van der Waals surface area contributed by atoms with Crippen molar-refractivity contribution in [2.45, 2.75) is 31.6 Å². The van der Waals surface area contributed by atoms with E-state index in [0.29, 0.717) is 18.3 Å². The zero-order valence-corrected chi connectivity index (χ0v) is 19.7. The van der Waals surface area contributed by atoms with Gasteiger partial charge in [0.25, 0.3) is 0 Å². The van der Waals surface area contributed by atoms with Gasteiger partial charge in [-0.1, -0.05) is 13.8 Å². The van der Waals surface area contributed by atoms with E-state index >= 15 is 0 Å². The number of esters is 1. The Labute approximate surface area is 181 Å². The third-order valence-corrected chi connectivity index (χ3v) is 5.80. The normalized spacial score (nSPS) is 10.8. The highest BCUT2D eigenvalue weighted by atomic mass is 79.9. The van der Waals surface area contributed by atoms with Gasteiger partial charge in [-0.2, -0.15) is 0 Å². The molecule has 0 unspecified atom stereocenters. The Hall–Kier alpha value is -1.18. The van der Waals surface area contributed by atoms with E-state index in [9.17, 15) is 4.79 Å². The lowest BCUT2D eigenvalue weighted by Crippen LogP contribution is -2.06. The van der Waals surface area contributed by atoms with Crippen molar-refractivity contribution in [2.24, 2.45) is 0 Å². The quantitative estimate of drug-likeness (QED) is 0.285.